The van der Waals surface area contributed by atoms with E-state index in [1.807, 2.05) is 55.5 Å². The highest BCUT2D eigenvalue weighted by molar-refractivity contribution is 6.19. The van der Waals surface area contributed by atoms with Crippen LogP contribution in [0.15, 0.2) is 59.2 Å². The minimum atomic E-state index is -0.196. The molecular formula is C18H16N2O2. The maximum absolute atomic E-state index is 12.1. The molecule has 2 aromatic carbocycles. The molecule has 0 atom stereocenters. The Morgan fingerprint density at radius 2 is 1.91 bits per heavy atom. The highest BCUT2D eigenvalue weighted by atomic mass is 16.5. The third kappa shape index (κ3) is 2.91. The highest BCUT2D eigenvalue weighted by Crippen LogP contribution is 2.18. The summed E-state index contributed by atoms with van der Waals surface area (Å²) in [4.78, 5) is 16.5. The zero-order valence-corrected chi connectivity index (χ0v) is 12.5. The maximum atomic E-state index is 12.1. The quantitative estimate of drug-likeness (QED) is 0.884. The lowest BCUT2D eigenvalue weighted by Gasteiger charge is -2.00. The number of ether oxygens (including phenoxy) is 1. The largest absolute Gasteiger partial charge is 0.497 e. The van der Waals surface area contributed by atoms with Crippen molar-refractivity contribution in [3.05, 3.63) is 70.9 Å². The molecule has 4 heteroatoms. The van der Waals surface area contributed by atoms with Crippen molar-refractivity contribution in [1.29, 1.82) is 0 Å². The molecule has 0 fully saturated rings. The van der Waals surface area contributed by atoms with Gasteiger partial charge in [0.1, 0.15) is 17.3 Å². The summed E-state index contributed by atoms with van der Waals surface area (Å²) in [6.07, 6.45) is 1.75. The Labute approximate surface area is 129 Å². The summed E-state index contributed by atoms with van der Waals surface area (Å²) in [5.74, 6) is 1.13. The number of rotatable bonds is 3. The van der Waals surface area contributed by atoms with Gasteiger partial charge < -0.3 is 10.1 Å². The molecule has 0 unspecified atom stereocenters. The molecule has 1 aliphatic heterocycles. The predicted molar refractivity (Wildman–Crippen MR) is 86.8 cm³/mol. The molecule has 22 heavy (non-hydrogen) atoms. The van der Waals surface area contributed by atoms with Crippen LogP contribution < -0.4 is 10.1 Å². The highest BCUT2D eigenvalue weighted by Gasteiger charge is 2.20. The number of methoxy groups -OCH3 is 1. The fourth-order valence-electron chi connectivity index (χ4n) is 2.21. The van der Waals surface area contributed by atoms with Crippen LogP contribution in [0.4, 0.5) is 0 Å². The van der Waals surface area contributed by atoms with Crippen molar-refractivity contribution in [3.8, 4) is 5.75 Å². The van der Waals surface area contributed by atoms with Crippen molar-refractivity contribution in [2.24, 2.45) is 4.99 Å². The molecule has 1 amide bonds. The zero-order valence-electron chi connectivity index (χ0n) is 12.5. The van der Waals surface area contributed by atoms with Gasteiger partial charge in [-0.15, -0.1) is 0 Å². The van der Waals surface area contributed by atoms with Crippen molar-refractivity contribution in [1.82, 2.24) is 5.32 Å². The molecule has 0 radical (unpaired) electrons. The second-order valence-corrected chi connectivity index (χ2v) is 5.09. The number of carbonyl (C=O) groups excluding carboxylic acids is 1. The Hall–Kier alpha value is -2.88. The van der Waals surface area contributed by atoms with E-state index in [4.69, 9.17) is 4.74 Å². The number of aryl methyl sites for hydroxylation is 1. The van der Waals surface area contributed by atoms with Gasteiger partial charge in [0.15, 0.2) is 0 Å². The lowest BCUT2D eigenvalue weighted by Crippen LogP contribution is -2.24. The maximum Gasteiger partial charge on any atom is 0.275 e. The Morgan fingerprint density at radius 3 is 2.64 bits per heavy atom. The molecule has 0 saturated carbocycles. The molecule has 110 valence electrons. The Balaban J connectivity index is 1.92. The molecule has 0 aromatic heterocycles. The van der Waals surface area contributed by atoms with E-state index in [0.29, 0.717) is 11.5 Å². The van der Waals surface area contributed by atoms with E-state index in [9.17, 15) is 4.79 Å². The number of amidine groups is 1. The van der Waals surface area contributed by atoms with Crippen LogP contribution in [0.25, 0.3) is 6.08 Å². The van der Waals surface area contributed by atoms with Gasteiger partial charge in [-0.1, -0.05) is 42.0 Å². The first kappa shape index (κ1) is 14.1. The van der Waals surface area contributed by atoms with Crippen LogP contribution in [0.2, 0.25) is 0 Å². The summed E-state index contributed by atoms with van der Waals surface area (Å²) >= 11 is 0. The fraction of sp³-hybridized carbons (Fsp3) is 0.111. The second kappa shape index (κ2) is 5.85. The first-order valence-corrected chi connectivity index (χ1v) is 6.98. The van der Waals surface area contributed by atoms with Crippen molar-refractivity contribution in [3.63, 3.8) is 0 Å². The van der Waals surface area contributed by atoms with Gasteiger partial charge in [-0.3, -0.25) is 4.79 Å². The molecule has 0 bridgehead atoms. The summed E-state index contributed by atoms with van der Waals surface area (Å²) in [7, 11) is 1.61. The summed E-state index contributed by atoms with van der Waals surface area (Å²) in [5.41, 5.74) is 3.33. The number of carbonyl (C=O) groups is 1. The third-order valence-corrected chi connectivity index (χ3v) is 3.42. The SMILES string of the molecule is COc1cccc(/C=C2/N=C(c3ccc(C)cc3)NC2=O)c1. The minimum Gasteiger partial charge on any atom is -0.497 e. The number of aliphatic imine (C=N–C) groups is 1. The minimum absolute atomic E-state index is 0.196. The number of hydrogen-bond donors (Lipinski definition) is 1. The first-order valence-electron chi connectivity index (χ1n) is 6.98. The van der Waals surface area contributed by atoms with Gasteiger partial charge in [-0.25, -0.2) is 4.99 Å². The van der Waals surface area contributed by atoms with Crippen LogP contribution in [0.3, 0.4) is 0 Å². The summed E-state index contributed by atoms with van der Waals surface area (Å²) in [6.45, 7) is 2.02. The molecule has 1 heterocycles. The first-order chi connectivity index (χ1) is 10.7. The lowest BCUT2D eigenvalue weighted by molar-refractivity contribution is -0.115. The molecule has 2 aromatic rings. The van der Waals surface area contributed by atoms with E-state index in [1.165, 1.54) is 5.56 Å². The van der Waals surface area contributed by atoms with Crippen LogP contribution in [-0.2, 0) is 4.79 Å². The van der Waals surface area contributed by atoms with Gasteiger partial charge in [0.05, 0.1) is 7.11 Å². The van der Waals surface area contributed by atoms with E-state index in [-0.39, 0.29) is 5.91 Å². The van der Waals surface area contributed by atoms with Gasteiger partial charge in [0, 0.05) is 5.56 Å². The Bertz CT molecular complexity index is 774. The smallest absolute Gasteiger partial charge is 0.275 e. The van der Waals surface area contributed by atoms with Crippen LogP contribution in [-0.4, -0.2) is 18.9 Å². The molecule has 0 aliphatic carbocycles. The number of nitrogens with zero attached hydrogens (tertiary/aromatic N) is 1. The average molecular weight is 292 g/mol. The molecular weight excluding hydrogens is 276 g/mol. The van der Waals surface area contributed by atoms with Gasteiger partial charge in [-0.05, 0) is 30.7 Å². The van der Waals surface area contributed by atoms with Gasteiger partial charge in [-0.2, -0.15) is 0 Å². The average Bonchev–Trinajstić information content (AvgIpc) is 2.89. The van der Waals surface area contributed by atoms with E-state index in [2.05, 4.69) is 10.3 Å². The zero-order chi connectivity index (χ0) is 15.5. The van der Waals surface area contributed by atoms with E-state index in [1.54, 1.807) is 13.2 Å². The van der Waals surface area contributed by atoms with Gasteiger partial charge >= 0.3 is 0 Å². The molecule has 0 spiro atoms. The van der Waals surface area contributed by atoms with E-state index >= 15 is 0 Å². The number of hydrogen-bond acceptors (Lipinski definition) is 3. The summed E-state index contributed by atoms with van der Waals surface area (Å²) < 4.78 is 5.18. The van der Waals surface area contributed by atoms with Crippen LogP contribution in [0.5, 0.6) is 5.75 Å². The van der Waals surface area contributed by atoms with Crippen molar-refractivity contribution >= 4 is 17.8 Å². The molecule has 4 nitrogen and oxygen atoms in total. The monoisotopic (exact) mass is 292 g/mol. The van der Waals surface area contributed by atoms with Crippen molar-refractivity contribution in [2.75, 3.05) is 7.11 Å². The topological polar surface area (TPSA) is 50.7 Å². The van der Waals surface area contributed by atoms with Crippen LogP contribution in [0, 0.1) is 6.92 Å². The Morgan fingerprint density at radius 1 is 1.14 bits per heavy atom. The van der Waals surface area contributed by atoms with E-state index < -0.39 is 0 Å². The third-order valence-electron chi connectivity index (χ3n) is 3.42. The summed E-state index contributed by atoms with van der Waals surface area (Å²) in [6, 6.07) is 15.4. The molecule has 1 N–H and O–H groups in total. The molecule has 1 aliphatic rings. The summed E-state index contributed by atoms with van der Waals surface area (Å²) in [5, 5.41) is 2.80. The van der Waals surface area contributed by atoms with E-state index in [0.717, 1.165) is 16.9 Å². The molecule has 3 rings (SSSR count). The number of nitrogens with one attached hydrogen (secondary N) is 1. The van der Waals surface area contributed by atoms with Crippen LogP contribution >= 0.6 is 0 Å². The standard InChI is InChI=1S/C18H16N2O2/c1-12-6-8-14(9-7-12)17-19-16(18(21)20-17)11-13-4-3-5-15(10-13)22-2/h3-11H,1-2H3,(H,19,20,21)/b16-11+. The van der Waals surface area contributed by atoms with Gasteiger partial charge in [0.25, 0.3) is 5.91 Å². The second-order valence-electron chi connectivity index (χ2n) is 5.09. The Kier molecular flexibility index (Phi) is 3.74. The van der Waals surface area contributed by atoms with Crippen molar-refractivity contribution in [2.45, 2.75) is 6.92 Å². The van der Waals surface area contributed by atoms with Gasteiger partial charge in [0.2, 0.25) is 0 Å². The lowest BCUT2D eigenvalue weighted by atomic mass is 10.1. The number of amides is 1. The number of benzene rings is 2. The van der Waals surface area contributed by atoms with Crippen LogP contribution in [0.1, 0.15) is 16.7 Å². The molecule has 0 saturated heterocycles. The predicted octanol–water partition coefficient (Wildman–Crippen LogP) is 2.92. The normalized spacial score (nSPS) is 15.6. The van der Waals surface area contributed by atoms with Crippen molar-refractivity contribution < 1.29 is 9.53 Å². The fourth-order valence-corrected chi connectivity index (χ4v) is 2.21.